The molecule has 0 fully saturated rings. The first-order chi connectivity index (χ1) is 3.42. The molecule has 2 heteroatoms. The van der Waals surface area contributed by atoms with Crippen molar-refractivity contribution in [2.75, 3.05) is 0 Å². The van der Waals surface area contributed by atoms with Crippen LogP contribution in [0, 0.1) is 5.41 Å². The fraction of sp³-hybridized carbons (Fsp3) is 0.833. The Morgan fingerprint density at radius 3 is 1.88 bits per heavy atom. The first-order valence-corrected chi connectivity index (χ1v) is 3.49. The van der Waals surface area contributed by atoms with Crippen LogP contribution in [0.5, 0.6) is 0 Å². The van der Waals surface area contributed by atoms with E-state index in [0.717, 1.165) is 6.42 Å². The van der Waals surface area contributed by atoms with Crippen LogP contribution in [0.2, 0.25) is 0 Å². The Morgan fingerprint density at radius 1 is 1.50 bits per heavy atom. The molecule has 1 N–H and O–H groups in total. The molecule has 0 heterocycles. The number of aliphatic hydroxyl groups excluding tert-OH is 1. The topological polar surface area (TPSA) is 20.2 Å². The Kier molecular flexibility index (Phi) is 2.72. The fourth-order valence-electron chi connectivity index (χ4n) is 0.454. The van der Waals surface area contributed by atoms with Crippen LogP contribution < -0.4 is 0 Å². The molecule has 0 radical (unpaired) electrons. The second-order valence-corrected chi connectivity index (χ2v) is 4.12. The quantitative estimate of drug-likeness (QED) is 0.597. The van der Waals surface area contributed by atoms with Crippen molar-refractivity contribution >= 4 is 20.2 Å². The van der Waals surface area contributed by atoms with Crippen LogP contribution in [0.15, 0.2) is 0 Å². The Hall–Kier alpha value is 0.189. The van der Waals surface area contributed by atoms with Crippen molar-refractivity contribution in [2.24, 2.45) is 5.41 Å². The normalized spacial score (nSPS) is 11.4. The van der Waals surface area contributed by atoms with E-state index in [2.05, 4.69) is 36.3 Å². The number of rotatable bonds is 1. The number of aliphatic hydroxyl groups is 1. The Bertz CT molecular complexity index is 91.2. The zero-order chi connectivity index (χ0) is 6.78. The summed E-state index contributed by atoms with van der Waals surface area (Å²) >= 11 is 2.57. The van der Waals surface area contributed by atoms with Gasteiger partial charge < -0.3 is 0 Å². The molecule has 0 aliphatic heterocycles. The fourth-order valence-corrected chi connectivity index (χ4v) is 1.36. The predicted octanol–water partition coefficient (Wildman–Crippen LogP) is 1.09. The van der Waals surface area contributed by atoms with Gasteiger partial charge in [-0.2, -0.15) is 0 Å². The molecule has 0 bridgehead atoms. The summed E-state index contributed by atoms with van der Waals surface area (Å²) in [6, 6.07) is 0. The van der Waals surface area contributed by atoms with Gasteiger partial charge in [0.1, 0.15) is 0 Å². The third kappa shape index (κ3) is 6.19. The van der Waals surface area contributed by atoms with Gasteiger partial charge in [-0.05, 0) is 0 Å². The molecule has 0 unspecified atom stereocenters. The molecule has 1 nitrogen and oxygen atoms in total. The SMILES string of the molecule is CC(C)(C)CC(O)=[Se]. The molecule has 0 aliphatic rings. The molecule has 0 saturated carbocycles. The molecule has 0 aromatic heterocycles. The Labute approximate surface area is 58.5 Å². The zero-order valence-electron chi connectivity index (χ0n) is 5.56. The van der Waals surface area contributed by atoms with Gasteiger partial charge in [-0.1, -0.05) is 0 Å². The molecule has 0 aromatic rings. The molecule has 0 aromatic carbocycles. The first-order valence-electron chi connectivity index (χ1n) is 2.63. The van der Waals surface area contributed by atoms with Gasteiger partial charge in [-0.3, -0.25) is 0 Å². The summed E-state index contributed by atoms with van der Waals surface area (Å²) in [5.41, 5.74) is 0.204. The van der Waals surface area contributed by atoms with Crippen LogP contribution in [0.1, 0.15) is 27.2 Å². The van der Waals surface area contributed by atoms with Crippen molar-refractivity contribution in [1.29, 1.82) is 0 Å². The molecule has 0 atom stereocenters. The molecular weight excluding hydrogens is 167 g/mol. The Morgan fingerprint density at radius 2 is 1.88 bits per heavy atom. The summed E-state index contributed by atoms with van der Waals surface area (Å²) in [6.45, 7) is 6.25. The minimum absolute atomic E-state index is 0.204. The predicted molar refractivity (Wildman–Crippen MR) is 36.8 cm³/mol. The van der Waals surface area contributed by atoms with Gasteiger partial charge in [0, 0.05) is 0 Å². The molecule has 0 saturated heterocycles. The van der Waals surface area contributed by atoms with Gasteiger partial charge >= 0.3 is 57.9 Å². The summed E-state index contributed by atoms with van der Waals surface area (Å²) < 4.78 is 0.400. The van der Waals surface area contributed by atoms with E-state index in [4.69, 9.17) is 5.11 Å². The van der Waals surface area contributed by atoms with Gasteiger partial charge in [0.05, 0.1) is 0 Å². The second-order valence-electron chi connectivity index (χ2n) is 3.13. The van der Waals surface area contributed by atoms with Crippen LogP contribution in [0.25, 0.3) is 0 Å². The van der Waals surface area contributed by atoms with E-state index in [0.29, 0.717) is 4.60 Å². The molecule has 0 spiro atoms. The van der Waals surface area contributed by atoms with Crippen LogP contribution in [-0.4, -0.2) is 25.3 Å². The van der Waals surface area contributed by atoms with E-state index in [-0.39, 0.29) is 5.41 Å². The third-order valence-corrected chi connectivity index (χ3v) is 0.984. The van der Waals surface area contributed by atoms with Gasteiger partial charge in [-0.15, -0.1) is 0 Å². The van der Waals surface area contributed by atoms with Crippen molar-refractivity contribution in [3.8, 4) is 0 Å². The van der Waals surface area contributed by atoms with Crippen LogP contribution >= 0.6 is 0 Å². The zero-order valence-corrected chi connectivity index (χ0v) is 7.28. The molecular formula is C6H12OSe. The van der Waals surface area contributed by atoms with Crippen molar-refractivity contribution in [3.05, 3.63) is 0 Å². The molecule has 48 valence electrons. The van der Waals surface area contributed by atoms with E-state index in [1.165, 1.54) is 0 Å². The van der Waals surface area contributed by atoms with E-state index in [1.54, 1.807) is 0 Å². The number of hydrogen-bond donors (Lipinski definition) is 1. The average Bonchev–Trinajstić information content (AvgIpc) is 1.21. The third-order valence-electron chi connectivity index (χ3n) is 0.682. The summed E-state index contributed by atoms with van der Waals surface area (Å²) in [5, 5.41) is 8.75. The second kappa shape index (κ2) is 2.65. The van der Waals surface area contributed by atoms with E-state index in [9.17, 15) is 0 Å². The van der Waals surface area contributed by atoms with E-state index in [1.807, 2.05) is 0 Å². The minimum atomic E-state index is 0.204. The molecule has 8 heavy (non-hydrogen) atoms. The van der Waals surface area contributed by atoms with Crippen molar-refractivity contribution in [2.45, 2.75) is 27.2 Å². The average molecular weight is 179 g/mol. The molecule has 0 aliphatic carbocycles. The van der Waals surface area contributed by atoms with E-state index < -0.39 is 0 Å². The van der Waals surface area contributed by atoms with Crippen LogP contribution in [0.4, 0.5) is 0 Å². The van der Waals surface area contributed by atoms with Gasteiger partial charge in [0.15, 0.2) is 0 Å². The van der Waals surface area contributed by atoms with Crippen LogP contribution in [0.3, 0.4) is 0 Å². The monoisotopic (exact) mass is 180 g/mol. The Balaban J connectivity index is 3.55. The van der Waals surface area contributed by atoms with Gasteiger partial charge in [0.2, 0.25) is 0 Å². The van der Waals surface area contributed by atoms with Crippen molar-refractivity contribution in [1.82, 2.24) is 0 Å². The van der Waals surface area contributed by atoms with Crippen molar-refractivity contribution < 1.29 is 5.11 Å². The first kappa shape index (κ1) is 8.19. The van der Waals surface area contributed by atoms with Crippen LogP contribution in [-0.2, 0) is 0 Å². The molecule has 0 amide bonds. The standard InChI is InChI=1S/C6H12OSe/c1-6(2,3)4-5(7)8/h4H2,1-3H3,(H,7,8). The summed E-state index contributed by atoms with van der Waals surface area (Å²) in [7, 11) is 0. The summed E-state index contributed by atoms with van der Waals surface area (Å²) in [5.74, 6) is 0. The van der Waals surface area contributed by atoms with Gasteiger partial charge in [0.25, 0.3) is 0 Å². The maximum absolute atomic E-state index is 8.75. The molecule has 0 rings (SSSR count). The summed E-state index contributed by atoms with van der Waals surface area (Å²) in [4.78, 5) is 0. The van der Waals surface area contributed by atoms with Crippen molar-refractivity contribution in [3.63, 3.8) is 0 Å². The van der Waals surface area contributed by atoms with E-state index >= 15 is 0 Å². The number of hydrogen-bond acceptors (Lipinski definition) is 1. The summed E-state index contributed by atoms with van der Waals surface area (Å²) in [6.07, 6.45) is 0.743. The van der Waals surface area contributed by atoms with Gasteiger partial charge in [-0.25, -0.2) is 0 Å². The maximum atomic E-state index is 8.75.